The van der Waals surface area contributed by atoms with E-state index in [0.29, 0.717) is 5.89 Å². The molecular weight excluding hydrogens is 212 g/mol. The summed E-state index contributed by atoms with van der Waals surface area (Å²) in [6, 6.07) is 6.30. The number of benzene rings is 1. The van der Waals surface area contributed by atoms with Crippen molar-refractivity contribution in [1.82, 2.24) is 10.3 Å². The van der Waals surface area contributed by atoms with E-state index in [9.17, 15) is 0 Å². The zero-order valence-electron chi connectivity index (χ0n) is 10.6. The van der Waals surface area contributed by atoms with Gasteiger partial charge in [0.25, 0.3) is 0 Å². The summed E-state index contributed by atoms with van der Waals surface area (Å²) in [5.41, 5.74) is 4.43. The molecule has 17 heavy (non-hydrogen) atoms. The van der Waals surface area contributed by atoms with E-state index < -0.39 is 0 Å². The molecule has 1 N–H and O–H groups in total. The van der Waals surface area contributed by atoms with Crippen molar-refractivity contribution in [2.24, 2.45) is 0 Å². The van der Waals surface area contributed by atoms with Gasteiger partial charge in [-0.05, 0) is 32.0 Å². The van der Waals surface area contributed by atoms with Crippen LogP contribution in [0.4, 0.5) is 0 Å². The smallest absolute Gasteiger partial charge is 0.226 e. The van der Waals surface area contributed by atoms with Gasteiger partial charge < -0.3 is 9.73 Å². The summed E-state index contributed by atoms with van der Waals surface area (Å²) in [6.07, 6.45) is 1.72. The number of aromatic nitrogens is 1. The van der Waals surface area contributed by atoms with Crippen molar-refractivity contribution in [1.29, 1.82) is 0 Å². The van der Waals surface area contributed by atoms with Crippen molar-refractivity contribution >= 4 is 0 Å². The highest BCUT2D eigenvalue weighted by molar-refractivity contribution is 5.59. The molecule has 0 amide bonds. The molecule has 3 heteroatoms. The van der Waals surface area contributed by atoms with Crippen molar-refractivity contribution in [2.45, 2.75) is 27.3 Å². The molecule has 0 aliphatic heterocycles. The van der Waals surface area contributed by atoms with Crippen LogP contribution >= 0.6 is 0 Å². The predicted molar refractivity (Wildman–Crippen MR) is 68.8 cm³/mol. The molecule has 0 unspecified atom stereocenters. The number of aryl methyl sites for hydroxylation is 2. The molecule has 1 aromatic carbocycles. The Bertz CT molecular complexity index is 503. The second-order valence-electron chi connectivity index (χ2n) is 4.24. The third kappa shape index (κ3) is 2.74. The number of hydrogen-bond acceptors (Lipinski definition) is 3. The van der Waals surface area contributed by atoms with Gasteiger partial charge in [-0.15, -0.1) is 0 Å². The van der Waals surface area contributed by atoms with E-state index in [2.05, 4.69) is 49.3 Å². The molecule has 0 aliphatic rings. The van der Waals surface area contributed by atoms with Crippen LogP contribution in [0, 0.1) is 13.8 Å². The summed E-state index contributed by atoms with van der Waals surface area (Å²) in [6.45, 7) is 7.91. The summed E-state index contributed by atoms with van der Waals surface area (Å²) >= 11 is 0. The Labute approximate surface area is 102 Å². The minimum absolute atomic E-state index is 0.708. The van der Waals surface area contributed by atoms with E-state index in [-0.39, 0.29) is 0 Å². The fraction of sp³-hybridized carbons (Fsp3) is 0.357. The normalized spacial score (nSPS) is 10.8. The maximum absolute atomic E-state index is 5.53. The highest BCUT2D eigenvalue weighted by Gasteiger charge is 2.09. The first-order valence-corrected chi connectivity index (χ1v) is 5.93. The molecule has 0 fully saturated rings. The fourth-order valence-corrected chi connectivity index (χ4v) is 1.73. The van der Waals surface area contributed by atoms with Gasteiger partial charge in [0.2, 0.25) is 5.89 Å². The van der Waals surface area contributed by atoms with Crippen LogP contribution in [0.2, 0.25) is 0 Å². The van der Waals surface area contributed by atoms with Gasteiger partial charge in [-0.1, -0.05) is 24.6 Å². The van der Waals surface area contributed by atoms with E-state index in [4.69, 9.17) is 4.42 Å². The summed E-state index contributed by atoms with van der Waals surface area (Å²) in [5, 5.41) is 3.23. The number of nitrogens with one attached hydrogen (secondary N) is 1. The quantitative estimate of drug-likeness (QED) is 0.877. The first-order chi connectivity index (χ1) is 8.20. The van der Waals surface area contributed by atoms with E-state index in [1.807, 2.05) is 0 Å². The molecule has 1 aromatic heterocycles. The molecule has 3 nitrogen and oxygen atoms in total. The van der Waals surface area contributed by atoms with Crippen molar-refractivity contribution in [3.05, 3.63) is 41.3 Å². The maximum Gasteiger partial charge on any atom is 0.226 e. The summed E-state index contributed by atoms with van der Waals surface area (Å²) in [5.74, 6) is 0.708. The third-order valence-corrected chi connectivity index (χ3v) is 2.73. The molecule has 0 spiro atoms. The first kappa shape index (κ1) is 11.9. The molecule has 2 rings (SSSR count). The molecule has 0 saturated heterocycles. The minimum Gasteiger partial charge on any atom is -0.444 e. The second-order valence-corrected chi connectivity index (χ2v) is 4.24. The van der Waals surface area contributed by atoms with Crippen LogP contribution in [0.15, 0.2) is 28.9 Å². The van der Waals surface area contributed by atoms with Gasteiger partial charge in [0.05, 0.1) is 5.69 Å². The van der Waals surface area contributed by atoms with Crippen LogP contribution in [0.25, 0.3) is 11.5 Å². The summed E-state index contributed by atoms with van der Waals surface area (Å²) < 4.78 is 5.53. The highest BCUT2D eigenvalue weighted by atomic mass is 16.3. The lowest BCUT2D eigenvalue weighted by Gasteiger charge is -2.02. The van der Waals surface area contributed by atoms with Crippen molar-refractivity contribution in [3.8, 4) is 11.5 Å². The Balaban J connectivity index is 2.27. The molecule has 0 bridgehead atoms. The van der Waals surface area contributed by atoms with E-state index in [1.165, 1.54) is 11.1 Å². The Hall–Kier alpha value is -1.61. The average Bonchev–Trinajstić information content (AvgIpc) is 2.78. The Morgan fingerprint density at radius 3 is 2.88 bits per heavy atom. The van der Waals surface area contributed by atoms with Gasteiger partial charge in [0.1, 0.15) is 6.26 Å². The zero-order valence-corrected chi connectivity index (χ0v) is 10.6. The zero-order chi connectivity index (χ0) is 12.3. The van der Waals surface area contributed by atoms with Gasteiger partial charge >= 0.3 is 0 Å². The van der Waals surface area contributed by atoms with Crippen LogP contribution in [0.3, 0.4) is 0 Å². The maximum atomic E-state index is 5.53. The first-order valence-electron chi connectivity index (χ1n) is 5.93. The SMILES string of the molecule is CCNCc1coc(-c2cc(C)ccc2C)n1. The second kappa shape index (κ2) is 5.15. The van der Waals surface area contributed by atoms with Crippen LogP contribution in [-0.4, -0.2) is 11.5 Å². The van der Waals surface area contributed by atoms with Gasteiger partial charge in [-0.3, -0.25) is 0 Å². The largest absolute Gasteiger partial charge is 0.444 e. The summed E-state index contributed by atoms with van der Waals surface area (Å²) in [4.78, 5) is 4.49. The molecule has 0 atom stereocenters. The monoisotopic (exact) mass is 230 g/mol. The van der Waals surface area contributed by atoms with Crippen LogP contribution < -0.4 is 5.32 Å². The van der Waals surface area contributed by atoms with Crippen LogP contribution in [-0.2, 0) is 6.54 Å². The average molecular weight is 230 g/mol. The number of oxazole rings is 1. The van der Waals surface area contributed by atoms with Gasteiger partial charge in [-0.2, -0.15) is 0 Å². The van der Waals surface area contributed by atoms with E-state index in [0.717, 1.165) is 24.3 Å². The molecule has 0 radical (unpaired) electrons. The molecular formula is C14H18N2O. The number of rotatable bonds is 4. The molecule has 0 aliphatic carbocycles. The Morgan fingerprint density at radius 2 is 2.12 bits per heavy atom. The Kier molecular flexibility index (Phi) is 3.59. The third-order valence-electron chi connectivity index (χ3n) is 2.73. The van der Waals surface area contributed by atoms with Gasteiger partial charge in [0.15, 0.2) is 0 Å². The number of nitrogens with zero attached hydrogens (tertiary/aromatic N) is 1. The van der Waals surface area contributed by atoms with Gasteiger partial charge in [0, 0.05) is 12.1 Å². The standard InChI is InChI=1S/C14H18N2O/c1-4-15-8-12-9-17-14(16-12)13-7-10(2)5-6-11(13)3/h5-7,9,15H,4,8H2,1-3H3. The van der Waals surface area contributed by atoms with Crippen molar-refractivity contribution < 1.29 is 4.42 Å². The van der Waals surface area contributed by atoms with Crippen LogP contribution in [0.5, 0.6) is 0 Å². The van der Waals surface area contributed by atoms with Crippen LogP contribution in [0.1, 0.15) is 23.7 Å². The highest BCUT2D eigenvalue weighted by Crippen LogP contribution is 2.23. The topological polar surface area (TPSA) is 38.1 Å². The lowest BCUT2D eigenvalue weighted by atomic mass is 10.1. The summed E-state index contributed by atoms with van der Waals surface area (Å²) in [7, 11) is 0. The fourth-order valence-electron chi connectivity index (χ4n) is 1.73. The van der Waals surface area contributed by atoms with Crippen molar-refractivity contribution in [3.63, 3.8) is 0 Å². The van der Waals surface area contributed by atoms with E-state index in [1.54, 1.807) is 6.26 Å². The predicted octanol–water partition coefficient (Wildman–Crippen LogP) is 3.07. The van der Waals surface area contributed by atoms with Gasteiger partial charge in [-0.25, -0.2) is 4.98 Å². The van der Waals surface area contributed by atoms with E-state index >= 15 is 0 Å². The molecule has 90 valence electrons. The Morgan fingerprint density at radius 1 is 1.29 bits per heavy atom. The van der Waals surface area contributed by atoms with Crippen molar-refractivity contribution in [2.75, 3.05) is 6.54 Å². The molecule has 2 aromatic rings. The lowest BCUT2D eigenvalue weighted by Crippen LogP contribution is -2.11. The number of hydrogen-bond donors (Lipinski definition) is 1. The molecule has 1 heterocycles. The molecule has 0 saturated carbocycles. The lowest BCUT2D eigenvalue weighted by molar-refractivity contribution is 0.570. The minimum atomic E-state index is 0.708.